The second-order valence-corrected chi connectivity index (χ2v) is 6.54. The minimum Gasteiger partial charge on any atom is -0.381 e. The molecule has 2 nitrogen and oxygen atoms in total. The number of rotatable bonds is 3. The van der Waals surface area contributed by atoms with Gasteiger partial charge in [0.15, 0.2) is 0 Å². The molecule has 0 aliphatic heterocycles. The number of benzene rings is 1. The number of anilines is 1. The van der Waals surface area contributed by atoms with Gasteiger partial charge in [0.05, 0.1) is 11.4 Å². The van der Waals surface area contributed by atoms with Crippen LogP contribution in [0.2, 0.25) is 5.15 Å². The topological polar surface area (TPSA) is 24.9 Å². The Hall–Kier alpha value is -1.06. The molecule has 1 aromatic carbocycles. The summed E-state index contributed by atoms with van der Waals surface area (Å²) in [6, 6.07) is 12.9. The maximum atomic E-state index is 5.88. The van der Waals surface area contributed by atoms with Crippen molar-refractivity contribution in [3.8, 4) is 0 Å². The molecule has 3 rings (SSSR count). The van der Waals surface area contributed by atoms with Gasteiger partial charge in [-0.2, -0.15) is 0 Å². The third-order valence-corrected chi connectivity index (χ3v) is 4.83. The van der Waals surface area contributed by atoms with Crippen LogP contribution in [0, 0.1) is 6.92 Å². The van der Waals surface area contributed by atoms with Crippen molar-refractivity contribution < 1.29 is 0 Å². The summed E-state index contributed by atoms with van der Waals surface area (Å²) >= 11 is 9.51. The Morgan fingerprint density at radius 1 is 1.20 bits per heavy atom. The molecule has 104 valence electrons. The monoisotopic (exact) mass is 350 g/mol. The lowest BCUT2D eigenvalue weighted by molar-refractivity contribution is 0.373. The molecule has 0 radical (unpaired) electrons. The summed E-state index contributed by atoms with van der Waals surface area (Å²) in [5.74, 6) is 0.642. The SMILES string of the molecule is Cc1nc(Cl)ccc1NC1CC(c2ccccc2Br)C1. The van der Waals surface area contributed by atoms with Crippen molar-refractivity contribution in [2.24, 2.45) is 0 Å². The predicted molar refractivity (Wildman–Crippen MR) is 87.5 cm³/mol. The molecule has 0 atom stereocenters. The first kappa shape index (κ1) is 13.9. The number of nitrogens with zero attached hydrogens (tertiary/aromatic N) is 1. The highest BCUT2D eigenvalue weighted by molar-refractivity contribution is 9.10. The minimum atomic E-state index is 0.522. The molecule has 1 heterocycles. The van der Waals surface area contributed by atoms with E-state index in [0.29, 0.717) is 17.1 Å². The highest BCUT2D eigenvalue weighted by Gasteiger charge is 2.31. The Morgan fingerprint density at radius 3 is 2.65 bits per heavy atom. The van der Waals surface area contributed by atoms with Crippen LogP contribution in [-0.2, 0) is 0 Å². The van der Waals surface area contributed by atoms with Crippen molar-refractivity contribution >= 4 is 33.2 Å². The standard InChI is InChI=1S/C16H16BrClN2/c1-10-15(6-7-16(18)19-10)20-12-8-11(9-12)13-4-2-3-5-14(13)17/h2-7,11-12,20H,8-9H2,1H3. The average Bonchev–Trinajstić information content (AvgIpc) is 2.37. The average molecular weight is 352 g/mol. The quantitative estimate of drug-likeness (QED) is 0.772. The maximum absolute atomic E-state index is 5.88. The molecule has 0 unspecified atom stereocenters. The van der Waals surface area contributed by atoms with E-state index in [2.05, 4.69) is 50.5 Å². The lowest BCUT2D eigenvalue weighted by Crippen LogP contribution is -2.34. The van der Waals surface area contributed by atoms with Crippen LogP contribution in [0.3, 0.4) is 0 Å². The summed E-state index contributed by atoms with van der Waals surface area (Å²) in [5, 5.41) is 4.11. The fraction of sp³-hybridized carbons (Fsp3) is 0.312. The van der Waals surface area contributed by atoms with Gasteiger partial charge in [0.25, 0.3) is 0 Å². The number of hydrogen-bond donors (Lipinski definition) is 1. The number of nitrogens with one attached hydrogen (secondary N) is 1. The van der Waals surface area contributed by atoms with Crippen molar-refractivity contribution in [2.45, 2.75) is 31.7 Å². The first-order valence-corrected chi connectivity index (χ1v) is 7.94. The fourth-order valence-electron chi connectivity index (χ4n) is 2.70. The first-order chi connectivity index (χ1) is 9.63. The van der Waals surface area contributed by atoms with Gasteiger partial charge in [-0.15, -0.1) is 0 Å². The number of hydrogen-bond acceptors (Lipinski definition) is 2. The summed E-state index contributed by atoms with van der Waals surface area (Å²) in [5.41, 5.74) is 3.46. The highest BCUT2D eigenvalue weighted by atomic mass is 79.9. The van der Waals surface area contributed by atoms with E-state index in [1.54, 1.807) is 0 Å². The Labute approximate surface area is 132 Å². The Morgan fingerprint density at radius 2 is 1.95 bits per heavy atom. The van der Waals surface area contributed by atoms with Gasteiger partial charge in [0.1, 0.15) is 5.15 Å². The van der Waals surface area contributed by atoms with Gasteiger partial charge in [-0.3, -0.25) is 0 Å². The molecule has 1 fully saturated rings. The van der Waals surface area contributed by atoms with Crippen LogP contribution >= 0.6 is 27.5 Å². The molecular weight excluding hydrogens is 336 g/mol. The summed E-state index contributed by atoms with van der Waals surface area (Å²) in [7, 11) is 0. The van der Waals surface area contributed by atoms with E-state index >= 15 is 0 Å². The third kappa shape index (κ3) is 2.84. The molecule has 1 saturated carbocycles. The van der Waals surface area contributed by atoms with Crippen LogP contribution in [0.5, 0.6) is 0 Å². The summed E-state index contributed by atoms with van der Waals surface area (Å²) in [6.07, 6.45) is 2.31. The normalized spacial score (nSPS) is 21.4. The molecule has 20 heavy (non-hydrogen) atoms. The van der Waals surface area contributed by atoms with Gasteiger partial charge >= 0.3 is 0 Å². The molecule has 1 aromatic heterocycles. The molecule has 0 saturated heterocycles. The summed E-state index contributed by atoms with van der Waals surface area (Å²) < 4.78 is 1.22. The summed E-state index contributed by atoms with van der Waals surface area (Å²) in [4.78, 5) is 4.27. The van der Waals surface area contributed by atoms with E-state index in [1.165, 1.54) is 10.0 Å². The first-order valence-electron chi connectivity index (χ1n) is 6.77. The second kappa shape index (κ2) is 5.74. The number of aromatic nitrogens is 1. The van der Waals surface area contributed by atoms with Crippen LogP contribution < -0.4 is 5.32 Å². The van der Waals surface area contributed by atoms with Crippen molar-refractivity contribution in [3.05, 3.63) is 57.3 Å². The van der Waals surface area contributed by atoms with Gasteiger partial charge in [0.2, 0.25) is 0 Å². The molecule has 0 amide bonds. The minimum absolute atomic E-state index is 0.522. The molecule has 1 aliphatic rings. The summed E-state index contributed by atoms with van der Waals surface area (Å²) in [6.45, 7) is 1.98. The van der Waals surface area contributed by atoms with Gasteiger partial charge in [-0.1, -0.05) is 45.7 Å². The van der Waals surface area contributed by atoms with Gasteiger partial charge in [-0.05, 0) is 49.4 Å². The Bertz CT molecular complexity index is 624. The van der Waals surface area contributed by atoms with Crippen molar-refractivity contribution in [2.75, 3.05) is 5.32 Å². The lowest BCUT2D eigenvalue weighted by atomic mass is 9.76. The third-order valence-electron chi connectivity index (χ3n) is 3.89. The van der Waals surface area contributed by atoms with Crippen LogP contribution in [-0.4, -0.2) is 11.0 Å². The fourth-order valence-corrected chi connectivity index (χ4v) is 3.50. The second-order valence-electron chi connectivity index (χ2n) is 5.30. The van der Waals surface area contributed by atoms with Crippen molar-refractivity contribution in [1.82, 2.24) is 4.98 Å². The zero-order chi connectivity index (χ0) is 14.1. The molecule has 2 aromatic rings. The van der Waals surface area contributed by atoms with E-state index in [1.807, 2.05) is 19.1 Å². The van der Waals surface area contributed by atoms with Crippen molar-refractivity contribution in [3.63, 3.8) is 0 Å². The number of halogens is 2. The zero-order valence-electron chi connectivity index (χ0n) is 11.2. The molecule has 4 heteroatoms. The van der Waals surface area contributed by atoms with Gasteiger partial charge < -0.3 is 5.32 Å². The zero-order valence-corrected chi connectivity index (χ0v) is 13.6. The van der Waals surface area contributed by atoms with E-state index in [9.17, 15) is 0 Å². The van der Waals surface area contributed by atoms with Crippen LogP contribution in [0.15, 0.2) is 40.9 Å². The highest BCUT2D eigenvalue weighted by Crippen LogP contribution is 2.41. The molecule has 1 N–H and O–H groups in total. The van der Waals surface area contributed by atoms with Crippen LogP contribution in [0.25, 0.3) is 0 Å². The molecular formula is C16H16BrClN2. The Balaban J connectivity index is 1.62. The lowest BCUT2D eigenvalue weighted by Gasteiger charge is -2.37. The molecule has 0 bridgehead atoms. The van der Waals surface area contributed by atoms with Crippen LogP contribution in [0.4, 0.5) is 5.69 Å². The Kier molecular flexibility index (Phi) is 3.99. The van der Waals surface area contributed by atoms with E-state index in [-0.39, 0.29) is 0 Å². The van der Waals surface area contributed by atoms with E-state index < -0.39 is 0 Å². The van der Waals surface area contributed by atoms with Crippen LogP contribution in [0.1, 0.15) is 30.0 Å². The van der Waals surface area contributed by atoms with Gasteiger partial charge in [0, 0.05) is 10.5 Å². The molecule has 1 aliphatic carbocycles. The van der Waals surface area contributed by atoms with Crippen molar-refractivity contribution in [1.29, 1.82) is 0 Å². The van der Waals surface area contributed by atoms with E-state index in [4.69, 9.17) is 11.6 Å². The largest absolute Gasteiger partial charge is 0.381 e. The van der Waals surface area contributed by atoms with Gasteiger partial charge in [-0.25, -0.2) is 4.98 Å². The smallest absolute Gasteiger partial charge is 0.129 e. The maximum Gasteiger partial charge on any atom is 0.129 e. The molecule has 0 spiro atoms. The van der Waals surface area contributed by atoms with E-state index in [0.717, 1.165) is 24.2 Å². The number of pyridine rings is 1. The predicted octanol–water partition coefficient (Wildman–Crippen LogP) is 5.16. The number of aryl methyl sites for hydroxylation is 1.